The van der Waals surface area contributed by atoms with Crippen molar-refractivity contribution in [2.75, 3.05) is 49.6 Å². The van der Waals surface area contributed by atoms with Crippen molar-refractivity contribution in [2.24, 2.45) is 0 Å². The van der Waals surface area contributed by atoms with Gasteiger partial charge in [-0.25, -0.2) is 4.98 Å². The summed E-state index contributed by atoms with van der Waals surface area (Å²) in [6, 6.07) is 15.8. The normalized spacial score (nSPS) is 15.3. The first-order valence-electron chi connectivity index (χ1n) is 8.44. The van der Waals surface area contributed by atoms with Crippen molar-refractivity contribution in [1.82, 2.24) is 9.88 Å². The van der Waals surface area contributed by atoms with Crippen molar-refractivity contribution < 1.29 is 4.79 Å². The molecule has 5 nitrogen and oxygen atoms in total. The molecule has 1 fully saturated rings. The van der Waals surface area contributed by atoms with Crippen LogP contribution in [0.3, 0.4) is 0 Å². The summed E-state index contributed by atoms with van der Waals surface area (Å²) in [5.41, 5.74) is 0.947. The molecule has 0 unspecified atom stereocenters. The highest BCUT2D eigenvalue weighted by atomic mass is 16.2. The van der Waals surface area contributed by atoms with E-state index in [9.17, 15) is 4.79 Å². The van der Waals surface area contributed by atoms with Gasteiger partial charge in [0.25, 0.3) is 0 Å². The molecule has 126 valence electrons. The van der Waals surface area contributed by atoms with Gasteiger partial charge in [-0.1, -0.05) is 24.3 Å². The maximum Gasteiger partial charge on any atom is 0.228 e. The Kier molecular flexibility index (Phi) is 5.43. The lowest BCUT2D eigenvalue weighted by atomic mass is 10.2. The summed E-state index contributed by atoms with van der Waals surface area (Å²) in [7, 11) is 1.84. The summed E-state index contributed by atoms with van der Waals surface area (Å²) in [6.07, 6.45) is 2.38. The Balaban J connectivity index is 1.44. The molecule has 2 aromatic rings. The second-order valence-electron chi connectivity index (χ2n) is 6.05. The fraction of sp³-hybridized carbons (Fsp3) is 0.368. The number of piperazine rings is 1. The van der Waals surface area contributed by atoms with Crippen LogP contribution in [0.5, 0.6) is 0 Å². The number of anilines is 2. The summed E-state index contributed by atoms with van der Waals surface area (Å²) in [4.78, 5) is 23.2. The quantitative estimate of drug-likeness (QED) is 0.846. The predicted octanol–water partition coefficient (Wildman–Crippen LogP) is 2.26. The molecule has 1 aromatic heterocycles. The van der Waals surface area contributed by atoms with E-state index in [0.29, 0.717) is 6.42 Å². The van der Waals surface area contributed by atoms with Crippen LogP contribution in [0.4, 0.5) is 11.5 Å². The molecule has 1 amide bonds. The molecule has 1 saturated heterocycles. The maximum atomic E-state index is 12.4. The van der Waals surface area contributed by atoms with Crippen LogP contribution in [-0.4, -0.2) is 55.6 Å². The smallest absolute Gasteiger partial charge is 0.228 e. The van der Waals surface area contributed by atoms with E-state index in [1.165, 1.54) is 0 Å². The van der Waals surface area contributed by atoms with Gasteiger partial charge in [0, 0.05) is 58.1 Å². The number of para-hydroxylation sites is 1. The second-order valence-corrected chi connectivity index (χ2v) is 6.05. The van der Waals surface area contributed by atoms with Crippen LogP contribution in [0.25, 0.3) is 0 Å². The third kappa shape index (κ3) is 4.11. The summed E-state index contributed by atoms with van der Waals surface area (Å²) < 4.78 is 0. The van der Waals surface area contributed by atoms with Gasteiger partial charge in [-0.2, -0.15) is 0 Å². The van der Waals surface area contributed by atoms with Gasteiger partial charge in [0.1, 0.15) is 5.82 Å². The topological polar surface area (TPSA) is 39.7 Å². The molecule has 1 aliphatic rings. The molecular formula is C19H24N4O. The molecule has 0 spiro atoms. The number of benzene rings is 1. The molecule has 0 radical (unpaired) electrons. The van der Waals surface area contributed by atoms with Crippen molar-refractivity contribution in [3.63, 3.8) is 0 Å². The molecule has 24 heavy (non-hydrogen) atoms. The van der Waals surface area contributed by atoms with E-state index >= 15 is 0 Å². The van der Waals surface area contributed by atoms with Gasteiger partial charge in [-0.3, -0.25) is 9.69 Å². The van der Waals surface area contributed by atoms with Crippen LogP contribution in [0, 0.1) is 0 Å². The van der Waals surface area contributed by atoms with Crippen LogP contribution in [-0.2, 0) is 4.79 Å². The average molecular weight is 324 g/mol. The Bertz CT molecular complexity index is 639. The fourth-order valence-corrected chi connectivity index (χ4v) is 2.96. The highest BCUT2D eigenvalue weighted by Gasteiger charge is 2.19. The Hall–Kier alpha value is -2.40. The highest BCUT2D eigenvalue weighted by molar-refractivity contribution is 5.92. The van der Waals surface area contributed by atoms with E-state index < -0.39 is 0 Å². The van der Waals surface area contributed by atoms with Gasteiger partial charge in [-0.15, -0.1) is 0 Å². The number of hydrogen-bond donors (Lipinski definition) is 0. The average Bonchev–Trinajstić information content (AvgIpc) is 2.67. The van der Waals surface area contributed by atoms with Crippen molar-refractivity contribution in [1.29, 1.82) is 0 Å². The van der Waals surface area contributed by atoms with Crippen LogP contribution in [0.2, 0.25) is 0 Å². The minimum absolute atomic E-state index is 0.161. The van der Waals surface area contributed by atoms with E-state index in [4.69, 9.17) is 0 Å². The molecule has 2 heterocycles. The first-order chi connectivity index (χ1) is 11.7. The zero-order chi connectivity index (χ0) is 16.8. The first-order valence-corrected chi connectivity index (χ1v) is 8.44. The van der Waals surface area contributed by atoms with E-state index in [2.05, 4.69) is 14.8 Å². The van der Waals surface area contributed by atoms with E-state index in [1.54, 1.807) is 4.90 Å². The van der Waals surface area contributed by atoms with Crippen molar-refractivity contribution in [2.45, 2.75) is 6.42 Å². The number of carbonyl (C=O) groups is 1. The Labute approximate surface area is 143 Å². The zero-order valence-electron chi connectivity index (χ0n) is 14.1. The van der Waals surface area contributed by atoms with Crippen molar-refractivity contribution in [3.05, 3.63) is 54.7 Å². The molecule has 1 aliphatic heterocycles. The number of nitrogens with zero attached hydrogens (tertiary/aromatic N) is 4. The molecule has 0 N–H and O–H groups in total. The second kappa shape index (κ2) is 7.93. The Morgan fingerprint density at radius 3 is 2.42 bits per heavy atom. The number of amides is 1. The van der Waals surface area contributed by atoms with Gasteiger partial charge in [0.2, 0.25) is 5.91 Å². The first kappa shape index (κ1) is 16.5. The van der Waals surface area contributed by atoms with Crippen LogP contribution in [0.15, 0.2) is 54.7 Å². The van der Waals surface area contributed by atoms with Crippen molar-refractivity contribution in [3.8, 4) is 0 Å². The third-order valence-corrected chi connectivity index (χ3v) is 4.51. The van der Waals surface area contributed by atoms with Crippen LogP contribution in [0.1, 0.15) is 6.42 Å². The molecule has 0 aliphatic carbocycles. The summed E-state index contributed by atoms with van der Waals surface area (Å²) >= 11 is 0. The fourth-order valence-electron chi connectivity index (χ4n) is 2.96. The van der Waals surface area contributed by atoms with Crippen molar-refractivity contribution >= 4 is 17.4 Å². The number of hydrogen-bond acceptors (Lipinski definition) is 4. The van der Waals surface area contributed by atoms with Crippen LogP contribution >= 0.6 is 0 Å². The molecule has 0 bridgehead atoms. The number of rotatable bonds is 5. The number of aromatic nitrogens is 1. The van der Waals surface area contributed by atoms with E-state index in [1.807, 2.05) is 61.8 Å². The van der Waals surface area contributed by atoms with Gasteiger partial charge < -0.3 is 9.80 Å². The minimum Gasteiger partial charge on any atom is -0.354 e. The summed E-state index contributed by atoms with van der Waals surface area (Å²) in [5.74, 6) is 1.20. The molecular weight excluding hydrogens is 300 g/mol. The van der Waals surface area contributed by atoms with Gasteiger partial charge in [0.05, 0.1) is 0 Å². The Morgan fingerprint density at radius 1 is 1.04 bits per heavy atom. The number of pyridine rings is 1. The molecule has 0 saturated carbocycles. The third-order valence-electron chi connectivity index (χ3n) is 4.51. The van der Waals surface area contributed by atoms with E-state index in [-0.39, 0.29) is 5.91 Å². The predicted molar refractivity (Wildman–Crippen MR) is 97.4 cm³/mol. The minimum atomic E-state index is 0.161. The standard InChI is InChI=1S/C19H24N4O/c1-21(17-7-3-2-4-8-17)19(24)10-12-22-13-15-23(16-14-22)18-9-5-6-11-20-18/h2-9,11H,10,12-16H2,1H3. The molecule has 1 aromatic carbocycles. The maximum absolute atomic E-state index is 12.4. The zero-order valence-corrected chi connectivity index (χ0v) is 14.1. The largest absolute Gasteiger partial charge is 0.354 e. The Morgan fingerprint density at radius 2 is 1.75 bits per heavy atom. The van der Waals surface area contributed by atoms with Crippen LogP contribution < -0.4 is 9.80 Å². The van der Waals surface area contributed by atoms with Gasteiger partial charge >= 0.3 is 0 Å². The highest BCUT2D eigenvalue weighted by Crippen LogP contribution is 2.14. The monoisotopic (exact) mass is 324 g/mol. The molecule has 5 heteroatoms. The van der Waals surface area contributed by atoms with Gasteiger partial charge in [0.15, 0.2) is 0 Å². The SMILES string of the molecule is CN(C(=O)CCN1CCN(c2ccccn2)CC1)c1ccccc1. The summed E-state index contributed by atoms with van der Waals surface area (Å²) in [5, 5.41) is 0. The lowest BCUT2D eigenvalue weighted by Crippen LogP contribution is -2.47. The van der Waals surface area contributed by atoms with Gasteiger partial charge in [-0.05, 0) is 24.3 Å². The number of carbonyl (C=O) groups excluding carboxylic acids is 1. The lowest BCUT2D eigenvalue weighted by Gasteiger charge is -2.35. The summed E-state index contributed by atoms with van der Waals surface area (Å²) in [6.45, 7) is 4.67. The van der Waals surface area contributed by atoms with E-state index in [0.717, 1.165) is 44.2 Å². The lowest BCUT2D eigenvalue weighted by molar-refractivity contribution is -0.118. The molecule has 3 rings (SSSR count). The molecule has 0 atom stereocenters.